The standard InChI is InChI=1S/C81H158O17P2/c1-71(2)57-49-41-33-26-20-15-13-11-9-10-12-14-16-23-30-38-47-55-63-80(85)97-76(67-91-78(83)61-53-45-37-29-25-19-22-28-35-43-51-59-73(5)6)69-95-99(87,88)93-65-75(82)66-94-100(89,90)96-70-77(68-92-79(84)62-54-46-40-32-36-44-52-60-74(7)8)98-81(86)64-56-48-39-31-24-18-17-21-27-34-42-50-58-72(3)4/h71-77,82H,9-70H2,1-8H3,(H,87,88)(H,89,90)/t75?,76-,77-/m1/s1. The first kappa shape index (κ1) is 98.1. The van der Waals surface area contributed by atoms with E-state index in [0.29, 0.717) is 31.6 Å². The highest BCUT2D eigenvalue weighted by Gasteiger charge is 2.30. The number of carbonyl (C=O) groups excluding carboxylic acids is 4. The molecular formula is C81H158O17P2. The lowest BCUT2D eigenvalue weighted by Crippen LogP contribution is -2.30. The zero-order valence-corrected chi connectivity index (χ0v) is 67.6. The molecule has 100 heavy (non-hydrogen) atoms. The number of rotatable bonds is 78. The van der Waals surface area contributed by atoms with E-state index >= 15 is 0 Å². The van der Waals surface area contributed by atoms with Crippen molar-refractivity contribution in [1.82, 2.24) is 0 Å². The first-order valence-electron chi connectivity index (χ1n) is 41.7. The van der Waals surface area contributed by atoms with Crippen molar-refractivity contribution in [1.29, 1.82) is 0 Å². The van der Waals surface area contributed by atoms with Gasteiger partial charge in [0, 0.05) is 25.7 Å². The van der Waals surface area contributed by atoms with Gasteiger partial charge in [-0.2, -0.15) is 0 Å². The van der Waals surface area contributed by atoms with Crippen LogP contribution in [0.3, 0.4) is 0 Å². The molecule has 19 heteroatoms. The van der Waals surface area contributed by atoms with Crippen LogP contribution in [0, 0.1) is 23.7 Å². The molecule has 0 rings (SSSR count). The molecule has 0 fully saturated rings. The van der Waals surface area contributed by atoms with Crippen LogP contribution in [-0.2, 0) is 65.4 Å². The lowest BCUT2D eigenvalue weighted by Gasteiger charge is -2.21. The highest BCUT2D eigenvalue weighted by atomic mass is 31.2. The van der Waals surface area contributed by atoms with Crippen LogP contribution in [0.2, 0.25) is 0 Å². The van der Waals surface area contributed by atoms with Crippen molar-refractivity contribution in [2.75, 3.05) is 39.6 Å². The van der Waals surface area contributed by atoms with Gasteiger partial charge in [0.05, 0.1) is 26.4 Å². The number of hydrogen-bond acceptors (Lipinski definition) is 15. The van der Waals surface area contributed by atoms with Crippen LogP contribution < -0.4 is 0 Å². The van der Waals surface area contributed by atoms with E-state index in [0.717, 1.165) is 114 Å². The highest BCUT2D eigenvalue weighted by molar-refractivity contribution is 7.47. The maximum Gasteiger partial charge on any atom is 0.472 e. The maximum absolute atomic E-state index is 13.1. The number of ether oxygens (including phenoxy) is 4. The van der Waals surface area contributed by atoms with Crippen molar-refractivity contribution in [2.45, 2.75) is 433 Å². The van der Waals surface area contributed by atoms with Crippen molar-refractivity contribution >= 4 is 39.5 Å². The van der Waals surface area contributed by atoms with Gasteiger partial charge >= 0.3 is 39.5 Å². The molecule has 594 valence electrons. The van der Waals surface area contributed by atoms with Gasteiger partial charge in [0.1, 0.15) is 19.3 Å². The van der Waals surface area contributed by atoms with E-state index in [2.05, 4.69) is 55.4 Å². The molecular weight excluding hydrogens is 1310 g/mol. The molecule has 0 aromatic rings. The summed E-state index contributed by atoms with van der Waals surface area (Å²) in [7, 11) is -9.92. The lowest BCUT2D eigenvalue weighted by atomic mass is 10.0. The molecule has 0 aliphatic carbocycles. The quantitative estimate of drug-likeness (QED) is 0.0222. The number of phosphoric ester groups is 2. The molecule has 3 N–H and O–H groups in total. The summed E-state index contributed by atoms with van der Waals surface area (Å²) >= 11 is 0. The molecule has 0 radical (unpaired) electrons. The minimum atomic E-state index is -4.96. The Labute approximate surface area is 613 Å². The largest absolute Gasteiger partial charge is 0.472 e. The second-order valence-electron chi connectivity index (χ2n) is 31.1. The molecule has 0 aliphatic heterocycles. The summed E-state index contributed by atoms with van der Waals surface area (Å²) in [6.45, 7) is 14.2. The summed E-state index contributed by atoms with van der Waals surface area (Å²) in [6.07, 6.45) is 57.0. The highest BCUT2D eigenvalue weighted by Crippen LogP contribution is 2.45. The molecule has 0 aromatic heterocycles. The molecule has 5 atom stereocenters. The molecule has 0 saturated carbocycles. The monoisotopic (exact) mass is 1470 g/mol. The summed E-state index contributed by atoms with van der Waals surface area (Å²) < 4.78 is 68.7. The van der Waals surface area contributed by atoms with Gasteiger partial charge in [-0.3, -0.25) is 37.3 Å². The van der Waals surface area contributed by atoms with E-state index in [9.17, 15) is 43.2 Å². The van der Waals surface area contributed by atoms with E-state index < -0.39 is 97.5 Å². The Morgan fingerprint density at radius 2 is 0.420 bits per heavy atom. The van der Waals surface area contributed by atoms with Crippen LogP contribution in [0.5, 0.6) is 0 Å². The number of esters is 4. The predicted molar refractivity (Wildman–Crippen MR) is 409 cm³/mol. The minimum Gasteiger partial charge on any atom is -0.462 e. The van der Waals surface area contributed by atoms with Gasteiger partial charge in [-0.05, 0) is 49.4 Å². The zero-order chi connectivity index (χ0) is 73.8. The molecule has 0 heterocycles. The summed E-state index contributed by atoms with van der Waals surface area (Å²) in [5.41, 5.74) is 0. The van der Waals surface area contributed by atoms with Gasteiger partial charge in [-0.1, -0.05) is 364 Å². The van der Waals surface area contributed by atoms with Crippen molar-refractivity contribution in [3.63, 3.8) is 0 Å². The summed E-state index contributed by atoms with van der Waals surface area (Å²) in [4.78, 5) is 73.0. The predicted octanol–water partition coefficient (Wildman–Crippen LogP) is 24.0. The first-order chi connectivity index (χ1) is 48.1. The third-order valence-electron chi connectivity index (χ3n) is 18.8. The Hall–Kier alpha value is -1.94. The smallest absolute Gasteiger partial charge is 0.462 e. The van der Waals surface area contributed by atoms with Crippen LogP contribution in [0.4, 0.5) is 0 Å². The van der Waals surface area contributed by atoms with E-state index in [1.54, 1.807) is 0 Å². The van der Waals surface area contributed by atoms with E-state index in [-0.39, 0.29) is 25.7 Å². The SMILES string of the molecule is CC(C)CCCCCCCCCCCCCCCCCCCCC(=O)O[C@H](COC(=O)CCCCCCCCCCCCCC(C)C)COP(=O)(O)OCC(O)COP(=O)(O)OC[C@@H](COC(=O)CCCCCCCCCC(C)C)OC(=O)CCCCCCCCCCCCCCC(C)C. The van der Waals surface area contributed by atoms with Crippen molar-refractivity contribution in [3.05, 3.63) is 0 Å². The fourth-order valence-corrected chi connectivity index (χ4v) is 14.0. The number of aliphatic hydroxyl groups is 1. The van der Waals surface area contributed by atoms with Crippen LogP contribution in [0.25, 0.3) is 0 Å². The maximum atomic E-state index is 13.1. The Morgan fingerprint density at radius 1 is 0.250 bits per heavy atom. The third-order valence-corrected chi connectivity index (χ3v) is 20.7. The Bertz CT molecular complexity index is 1950. The first-order valence-corrected chi connectivity index (χ1v) is 44.7. The Kier molecular flexibility index (Phi) is 68.7. The van der Waals surface area contributed by atoms with Gasteiger partial charge in [-0.15, -0.1) is 0 Å². The van der Waals surface area contributed by atoms with Crippen LogP contribution in [0.15, 0.2) is 0 Å². The Balaban J connectivity index is 5.22. The summed E-state index contributed by atoms with van der Waals surface area (Å²) in [5, 5.41) is 10.6. The summed E-state index contributed by atoms with van der Waals surface area (Å²) in [5.74, 6) is 0.958. The number of hydrogen-bond donors (Lipinski definition) is 3. The van der Waals surface area contributed by atoms with Gasteiger partial charge in [0.15, 0.2) is 12.2 Å². The fourth-order valence-electron chi connectivity index (χ4n) is 12.4. The van der Waals surface area contributed by atoms with Crippen molar-refractivity contribution in [2.24, 2.45) is 23.7 Å². The minimum absolute atomic E-state index is 0.106. The van der Waals surface area contributed by atoms with Gasteiger partial charge < -0.3 is 33.8 Å². The van der Waals surface area contributed by atoms with E-state index in [1.165, 1.54) is 212 Å². The zero-order valence-electron chi connectivity index (χ0n) is 65.8. The van der Waals surface area contributed by atoms with E-state index in [4.69, 9.17) is 37.0 Å². The van der Waals surface area contributed by atoms with Crippen LogP contribution in [-0.4, -0.2) is 96.7 Å². The lowest BCUT2D eigenvalue weighted by molar-refractivity contribution is -0.161. The van der Waals surface area contributed by atoms with Crippen LogP contribution >= 0.6 is 15.6 Å². The van der Waals surface area contributed by atoms with Gasteiger partial charge in [-0.25, -0.2) is 9.13 Å². The summed E-state index contributed by atoms with van der Waals surface area (Å²) in [6, 6.07) is 0. The molecule has 0 aliphatic rings. The van der Waals surface area contributed by atoms with Crippen molar-refractivity contribution in [3.8, 4) is 0 Å². The molecule has 17 nitrogen and oxygen atoms in total. The molecule has 0 amide bonds. The van der Waals surface area contributed by atoms with Crippen molar-refractivity contribution < 1.29 is 80.2 Å². The van der Waals surface area contributed by atoms with Gasteiger partial charge in [0.25, 0.3) is 0 Å². The third kappa shape index (κ3) is 74.3. The Morgan fingerprint density at radius 3 is 0.620 bits per heavy atom. The fraction of sp³-hybridized carbons (Fsp3) is 0.951. The second-order valence-corrected chi connectivity index (χ2v) is 34.0. The van der Waals surface area contributed by atoms with Gasteiger partial charge in [0.2, 0.25) is 0 Å². The van der Waals surface area contributed by atoms with E-state index in [1.807, 2.05) is 0 Å². The average Bonchev–Trinajstić information content (AvgIpc) is 0.949. The second kappa shape index (κ2) is 70.1. The molecule has 0 spiro atoms. The normalized spacial score (nSPS) is 14.0. The molecule has 0 bridgehead atoms. The number of phosphoric acid groups is 2. The molecule has 0 saturated heterocycles. The van der Waals surface area contributed by atoms with Crippen LogP contribution in [0.1, 0.15) is 415 Å². The number of aliphatic hydroxyl groups excluding tert-OH is 1. The molecule has 0 aromatic carbocycles. The molecule has 3 unspecified atom stereocenters. The number of carbonyl (C=O) groups is 4. The topological polar surface area (TPSA) is 237 Å². The average molecular weight is 1470 g/mol. The number of unbranched alkanes of at least 4 members (excludes halogenated alkanes) is 44.